The number of esters is 1. The second kappa shape index (κ2) is 8.73. The Labute approximate surface area is 132 Å². The fourth-order valence-electron chi connectivity index (χ4n) is 2.25. The van der Waals surface area contributed by atoms with Crippen LogP contribution in [0.25, 0.3) is 0 Å². The first-order valence-electron chi connectivity index (χ1n) is 7.43. The van der Waals surface area contributed by atoms with E-state index in [1.54, 1.807) is 39.8 Å². The summed E-state index contributed by atoms with van der Waals surface area (Å²) in [5.74, 6) is -1.50. The van der Waals surface area contributed by atoms with Crippen molar-refractivity contribution >= 4 is 11.9 Å². The van der Waals surface area contributed by atoms with Gasteiger partial charge in [-0.15, -0.1) is 0 Å². The number of hydrogen-bond donors (Lipinski definition) is 2. The third-order valence-electron chi connectivity index (χ3n) is 3.20. The molecular formula is C17H28O5. The Kier molecular flexibility index (Phi) is 8.09. The van der Waals surface area contributed by atoms with Crippen LogP contribution in [0.15, 0.2) is 23.3 Å². The van der Waals surface area contributed by atoms with Gasteiger partial charge in [-0.3, -0.25) is 0 Å². The first-order chi connectivity index (χ1) is 9.98. The van der Waals surface area contributed by atoms with Crippen LogP contribution in [0.4, 0.5) is 0 Å². The third kappa shape index (κ3) is 7.98. The predicted molar refractivity (Wildman–Crippen MR) is 85.4 cm³/mol. The van der Waals surface area contributed by atoms with Crippen molar-refractivity contribution in [1.29, 1.82) is 0 Å². The molecule has 0 heterocycles. The molecule has 0 aromatic rings. The molecule has 0 aliphatic carbocycles. The van der Waals surface area contributed by atoms with E-state index >= 15 is 0 Å². The Bertz CT molecular complexity index is 460. The van der Waals surface area contributed by atoms with Crippen LogP contribution in [-0.2, 0) is 14.3 Å². The Morgan fingerprint density at radius 2 is 1.59 bits per heavy atom. The van der Waals surface area contributed by atoms with Gasteiger partial charge in [-0.25, -0.2) is 9.59 Å². The van der Waals surface area contributed by atoms with Gasteiger partial charge in [0.15, 0.2) is 0 Å². The van der Waals surface area contributed by atoms with E-state index in [2.05, 4.69) is 0 Å². The molecular weight excluding hydrogens is 284 g/mol. The summed E-state index contributed by atoms with van der Waals surface area (Å²) in [5, 5.41) is 17.9. The molecule has 0 aromatic carbocycles. The topological polar surface area (TPSA) is 83.8 Å². The van der Waals surface area contributed by atoms with Crippen molar-refractivity contribution in [3.8, 4) is 0 Å². The van der Waals surface area contributed by atoms with Gasteiger partial charge in [-0.2, -0.15) is 0 Å². The molecule has 2 atom stereocenters. The minimum absolute atomic E-state index is 0.0235. The first-order valence-corrected chi connectivity index (χ1v) is 7.43. The number of carbonyl (C=O) groups is 2. The minimum atomic E-state index is -0.946. The Balaban J connectivity index is 4.76. The molecule has 126 valence electrons. The van der Waals surface area contributed by atoms with E-state index in [9.17, 15) is 9.59 Å². The second-order valence-corrected chi connectivity index (χ2v) is 6.49. The lowest BCUT2D eigenvalue weighted by Crippen LogP contribution is -2.30. The summed E-state index contributed by atoms with van der Waals surface area (Å²) in [4.78, 5) is 22.9. The average molecular weight is 312 g/mol. The van der Waals surface area contributed by atoms with Gasteiger partial charge in [0, 0.05) is 17.8 Å². The zero-order valence-electron chi connectivity index (χ0n) is 14.3. The average Bonchev–Trinajstić information content (AvgIpc) is 2.36. The lowest BCUT2D eigenvalue weighted by atomic mass is 9.93. The molecule has 5 heteroatoms. The molecule has 0 amide bonds. The van der Waals surface area contributed by atoms with Crippen molar-refractivity contribution in [2.75, 3.05) is 6.61 Å². The molecule has 0 bridgehead atoms. The van der Waals surface area contributed by atoms with E-state index in [1.807, 2.05) is 13.8 Å². The standard InChI is InChI=1S/C17H28O5/c1-11(7-13(3)15(19)20)9-17(5,6)22-16(21)14(4)8-12(2)10-18/h7-8,11-12,18H,9-10H2,1-6H3,(H,19,20). The molecule has 2 unspecified atom stereocenters. The largest absolute Gasteiger partial charge is 0.478 e. The summed E-state index contributed by atoms with van der Waals surface area (Å²) in [6.45, 7) is 10.5. The van der Waals surface area contributed by atoms with Gasteiger partial charge in [0.05, 0.1) is 0 Å². The number of aliphatic carboxylic acids is 1. The van der Waals surface area contributed by atoms with Crippen molar-refractivity contribution in [2.45, 2.75) is 53.6 Å². The molecule has 5 nitrogen and oxygen atoms in total. The normalized spacial score (nSPS) is 16.1. The van der Waals surface area contributed by atoms with Crippen LogP contribution in [0.5, 0.6) is 0 Å². The SMILES string of the molecule is CC(=CC(C)CC(C)(C)OC(=O)C(C)=CC(C)CO)C(=O)O. The monoisotopic (exact) mass is 312 g/mol. The van der Waals surface area contributed by atoms with E-state index in [4.69, 9.17) is 14.9 Å². The molecule has 0 saturated heterocycles. The van der Waals surface area contributed by atoms with E-state index in [0.717, 1.165) is 0 Å². The van der Waals surface area contributed by atoms with Gasteiger partial charge in [-0.05, 0) is 46.0 Å². The van der Waals surface area contributed by atoms with Gasteiger partial charge in [-0.1, -0.05) is 26.0 Å². The fraction of sp³-hybridized carbons (Fsp3) is 0.647. The molecule has 0 aliphatic heterocycles. The van der Waals surface area contributed by atoms with Crippen molar-refractivity contribution in [3.63, 3.8) is 0 Å². The molecule has 0 spiro atoms. The van der Waals surface area contributed by atoms with Crippen molar-refractivity contribution < 1.29 is 24.5 Å². The zero-order valence-corrected chi connectivity index (χ0v) is 14.3. The number of ether oxygens (including phenoxy) is 1. The van der Waals surface area contributed by atoms with Crippen LogP contribution in [0.2, 0.25) is 0 Å². The maximum absolute atomic E-state index is 12.0. The summed E-state index contributed by atoms with van der Waals surface area (Å²) in [6, 6.07) is 0. The highest BCUT2D eigenvalue weighted by Gasteiger charge is 2.26. The number of carboxylic acid groups (broad SMARTS) is 1. The Morgan fingerprint density at radius 3 is 2.05 bits per heavy atom. The highest BCUT2D eigenvalue weighted by Crippen LogP contribution is 2.23. The highest BCUT2D eigenvalue weighted by atomic mass is 16.6. The van der Waals surface area contributed by atoms with Gasteiger partial charge in [0.2, 0.25) is 0 Å². The first kappa shape index (κ1) is 20.4. The molecule has 0 radical (unpaired) electrons. The van der Waals surface area contributed by atoms with Crippen molar-refractivity contribution in [2.24, 2.45) is 11.8 Å². The van der Waals surface area contributed by atoms with Crippen LogP contribution in [0.1, 0.15) is 48.0 Å². The van der Waals surface area contributed by atoms with Crippen LogP contribution in [0, 0.1) is 11.8 Å². The number of aliphatic hydroxyl groups is 1. The van der Waals surface area contributed by atoms with Crippen molar-refractivity contribution in [1.82, 2.24) is 0 Å². The molecule has 22 heavy (non-hydrogen) atoms. The fourth-order valence-corrected chi connectivity index (χ4v) is 2.25. The van der Waals surface area contributed by atoms with Gasteiger partial charge < -0.3 is 14.9 Å². The number of carboxylic acids is 1. The lowest BCUT2D eigenvalue weighted by molar-refractivity contribution is -0.152. The maximum Gasteiger partial charge on any atom is 0.333 e. The highest BCUT2D eigenvalue weighted by molar-refractivity contribution is 5.88. The number of hydrogen-bond acceptors (Lipinski definition) is 4. The van der Waals surface area contributed by atoms with Gasteiger partial charge in [0.25, 0.3) is 0 Å². The van der Waals surface area contributed by atoms with Crippen LogP contribution >= 0.6 is 0 Å². The van der Waals surface area contributed by atoms with E-state index in [0.29, 0.717) is 12.0 Å². The smallest absolute Gasteiger partial charge is 0.333 e. The van der Waals surface area contributed by atoms with Crippen molar-refractivity contribution in [3.05, 3.63) is 23.3 Å². The summed E-state index contributed by atoms with van der Waals surface area (Å²) in [7, 11) is 0. The predicted octanol–water partition coefficient (Wildman–Crippen LogP) is 2.94. The Hall–Kier alpha value is -1.62. The minimum Gasteiger partial charge on any atom is -0.478 e. The van der Waals surface area contributed by atoms with E-state index in [1.165, 1.54) is 0 Å². The molecule has 0 saturated carbocycles. The molecule has 2 N–H and O–H groups in total. The summed E-state index contributed by atoms with van der Waals surface area (Å²) < 4.78 is 5.49. The number of rotatable bonds is 8. The third-order valence-corrected chi connectivity index (χ3v) is 3.20. The van der Waals surface area contributed by atoms with Crippen LogP contribution in [0.3, 0.4) is 0 Å². The molecule has 0 aliphatic rings. The van der Waals surface area contributed by atoms with E-state index in [-0.39, 0.29) is 24.0 Å². The summed E-state index contributed by atoms with van der Waals surface area (Å²) in [6.07, 6.45) is 3.86. The quantitative estimate of drug-likeness (QED) is 0.532. The maximum atomic E-state index is 12.0. The van der Waals surface area contributed by atoms with Crippen LogP contribution < -0.4 is 0 Å². The number of aliphatic hydroxyl groups excluding tert-OH is 1. The zero-order chi connectivity index (χ0) is 17.5. The van der Waals surface area contributed by atoms with E-state index < -0.39 is 17.5 Å². The Morgan fingerprint density at radius 1 is 1.09 bits per heavy atom. The lowest BCUT2D eigenvalue weighted by Gasteiger charge is -2.27. The number of allylic oxidation sites excluding steroid dienone is 1. The summed E-state index contributed by atoms with van der Waals surface area (Å²) >= 11 is 0. The second-order valence-electron chi connectivity index (χ2n) is 6.49. The molecule has 0 aromatic heterocycles. The molecule has 0 rings (SSSR count). The van der Waals surface area contributed by atoms with Crippen LogP contribution in [-0.4, -0.2) is 34.4 Å². The van der Waals surface area contributed by atoms with Gasteiger partial charge in [0.1, 0.15) is 5.60 Å². The van der Waals surface area contributed by atoms with Gasteiger partial charge >= 0.3 is 11.9 Å². The summed E-state index contributed by atoms with van der Waals surface area (Å²) in [5.41, 5.74) is 0.0329. The molecule has 0 fully saturated rings. The number of carbonyl (C=O) groups excluding carboxylic acids is 1.